The van der Waals surface area contributed by atoms with Crippen LogP contribution in [-0.4, -0.2) is 48.1 Å². The van der Waals surface area contributed by atoms with Gasteiger partial charge in [0.05, 0.1) is 18.3 Å². The highest BCUT2D eigenvalue weighted by molar-refractivity contribution is 14.0. The monoisotopic (exact) mass is 409 g/mol. The number of ether oxygens (including phenoxy) is 1. The molecule has 0 atom stereocenters. The average Bonchev–Trinajstić information content (AvgIpc) is 2.82. The van der Waals surface area contributed by atoms with E-state index in [9.17, 15) is 0 Å². The predicted molar refractivity (Wildman–Crippen MR) is 97.4 cm³/mol. The summed E-state index contributed by atoms with van der Waals surface area (Å²) in [4.78, 5) is 4.54. The molecule has 1 aromatic rings. The lowest BCUT2D eigenvalue weighted by Crippen LogP contribution is -2.40. The molecule has 0 spiro atoms. The number of methoxy groups -OCH3 is 1. The maximum atomic E-state index is 5.37. The first-order valence-corrected chi connectivity index (χ1v) is 7.01. The SMILES string of the molecule is CCNC(=NCC(C)(C)OC)NCCc1cnn(C)c1.I. The number of hydrogen-bond acceptors (Lipinski definition) is 3. The van der Waals surface area contributed by atoms with Gasteiger partial charge in [0.2, 0.25) is 0 Å². The molecule has 21 heavy (non-hydrogen) atoms. The Morgan fingerprint density at radius 3 is 2.67 bits per heavy atom. The third-order valence-corrected chi connectivity index (χ3v) is 2.98. The fourth-order valence-corrected chi connectivity index (χ4v) is 1.60. The van der Waals surface area contributed by atoms with Gasteiger partial charge in [-0.05, 0) is 32.8 Å². The van der Waals surface area contributed by atoms with Crippen molar-refractivity contribution in [1.29, 1.82) is 0 Å². The van der Waals surface area contributed by atoms with Crippen molar-refractivity contribution in [1.82, 2.24) is 20.4 Å². The molecule has 0 amide bonds. The van der Waals surface area contributed by atoms with E-state index >= 15 is 0 Å². The number of aromatic nitrogens is 2. The lowest BCUT2D eigenvalue weighted by Gasteiger charge is -2.21. The van der Waals surface area contributed by atoms with E-state index in [4.69, 9.17) is 4.74 Å². The molecule has 0 fully saturated rings. The smallest absolute Gasteiger partial charge is 0.191 e. The van der Waals surface area contributed by atoms with Gasteiger partial charge in [0, 0.05) is 33.4 Å². The number of hydrogen-bond donors (Lipinski definition) is 2. The van der Waals surface area contributed by atoms with Crippen molar-refractivity contribution >= 4 is 29.9 Å². The first-order chi connectivity index (χ1) is 9.46. The number of nitrogens with zero attached hydrogens (tertiary/aromatic N) is 3. The van der Waals surface area contributed by atoms with Gasteiger partial charge < -0.3 is 15.4 Å². The van der Waals surface area contributed by atoms with Crippen LogP contribution < -0.4 is 10.6 Å². The first-order valence-electron chi connectivity index (χ1n) is 7.01. The van der Waals surface area contributed by atoms with Crippen LogP contribution in [0.15, 0.2) is 17.4 Å². The van der Waals surface area contributed by atoms with Gasteiger partial charge in [-0.3, -0.25) is 9.67 Å². The Bertz CT molecular complexity index is 431. The summed E-state index contributed by atoms with van der Waals surface area (Å²) in [5.41, 5.74) is 0.971. The molecule has 0 aromatic carbocycles. The molecule has 122 valence electrons. The van der Waals surface area contributed by atoms with Crippen LogP contribution >= 0.6 is 24.0 Å². The van der Waals surface area contributed by atoms with Crippen molar-refractivity contribution in [3.63, 3.8) is 0 Å². The quantitative estimate of drug-likeness (QED) is 0.408. The second-order valence-corrected chi connectivity index (χ2v) is 5.36. The maximum absolute atomic E-state index is 5.37. The standard InChI is InChI=1S/C14H27N5O.HI/c1-6-15-13(17-11-14(2,3)20-5)16-8-7-12-9-18-19(4)10-12;/h9-10H,6-8,11H2,1-5H3,(H2,15,16,17);1H. The Balaban J connectivity index is 0.00000400. The van der Waals surface area contributed by atoms with E-state index in [1.165, 1.54) is 5.56 Å². The number of guanidine groups is 1. The van der Waals surface area contributed by atoms with Crippen molar-refractivity contribution in [3.05, 3.63) is 18.0 Å². The summed E-state index contributed by atoms with van der Waals surface area (Å²) in [5.74, 6) is 0.821. The molecule has 1 aromatic heterocycles. The minimum Gasteiger partial charge on any atom is -0.377 e. The molecule has 0 aliphatic heterocycles. The molecule has 0 aliphatic rings. The van der Waals surface area contributed by atoms with Crippen molar-refractivity contribution in [3.8, 4) is 0 Å². The zero-order chi connectivity index (χ0) is 15.0. The van der Waals surface area contributed by atoms with Crippen LogP contribution in [0.1, 0.15) is 26.3 Å². The predicted octanol–water partition coefficient (Wildman–Crippen LogP) is 1.56. The highest BCUT2D eigenvalue weighted by atomic mass is 127. The fraction of sp³-hybridized carbons (Fsp3) is 0.714. The van der Waals surface area contributed by atoms with Gasteiger partial charge in [-0.2, -0.15) is 5.10 Å². The molecule has 0 radical (unpaired) electrons. The molecule has 0 saturated carbocycles. The molecule has 2 N–H and O–H groups in total. The summed E-state index contributed by atoms with van der Waals surface area (Å²) < 4.78 is 7.18. The van der Waals surface area contributed by atoms with E-state index in [0.717, 1.165) is 25.5 Å². The lowest BCUT2D eigenvalue weighted by molar-refractivity contribution is 0.0310. The highest BCUT2D eigenvalue weighted by Crippen LogP contribution is 2.06. The average molecular weight is 409 g/mol. The van der Waals surface area contributed by atoms with Crippen molar-refractivity contribution < 1.29 is 4.74 Å². The Kier molecular flexibility index (Phi) is 9.60. The second-order valence-electron chi connectivity index (χ2n) is 5.36. The topological polar surface area (TPSA) is 63.5 Å². The summed E-state index contributed by atoms with van der Waals surface area (Å²) >= 11 is 0. The van der Waals surface area contributed by atoms with E-state index in [2.05, 4.69) is 27.6 Å². The van der Waals surface area contributed by atoms with Gasteiger partial charge >= 0.3 is 0 Å². The van der Waals surface area contributed by atoms with Gasteiger partial charge in [0.15, 0.2) is 5.96 Å². The molecule has 0 unspecified atom stereocenters. The van der Waals surface area contributed by atoms with Crippen LogP contribution in [0.4, 0.5) is 0 Å². The van der Waals surface area contributed by atoms with E-state index < -0.39 is 0 Å². The third kappa shape index (κ3) is 8.25. The molecule has 6 nitrogen and oxygen atoms in total. The van der Waals surface area contributed by atoms with E-state index in [0.29, 0.717) is 6.54 Å². The molecular weight excluding hydrogens is 381 g/mol. The zero-order valence-corrected chi connectivity index (χ0v) is 16.0. The minimum absolute atomic E-state index is 0. The summed E-state index contributed by atoms with van der Waals surface area (Å²) in [5, 5.41) is 10.7. The van der Waals surface area contributed by atoms with Crippen LogP contribution in [0.25, 0.3) is 0 Å². The van der Waals surface area contributed by atoms with Gasteiger partial charge in [0.25, 0.3) is 0 Å². The highest BCUT2D eigenvalue weighted by Gasteiger charge is 2.15. The van der Waals surface area contributed by atoms with Crippen molar-refractivity contribution in [2.45, 2.75) is 32.8 Å². The van der Waals surface area contributed by atoms with Crippen LogP contribution in [0, 0.1) is 0 Å². The minimum atomic E-state index is -0.244. The molecular formula is C14H28IN5O. The Morgan fingerprint density at radius 2 is 2.14 bits per heavy atom. The normalized spacial score (nSPS) is 12.0. The van der Waals surface area contributed by atoms with E-state index in [1.807, 2.05) is 38.0 Å². The largest absolute Gasteiger partial charge is 0.377 e. The number of aliphatic imine (C=N–C) groups is 1. The van der Waals surface area contributed by atoms with Gasteiger partial charge in [0.1, 0.15) is 0 Å². The maximum Gasteiger partial charge on any atom is 0.191 e. The third-order valence-electron chi connectivity index (χ3n) is 2.98. The summed E-state index contributed by atoms with van der Waals surface area (Å²) in [6.45, 7) is 8.38. The molecule has 1 rings (SSSR count). The Morgan fingerprint density at radius 1 is 1.43 bits per heavy atom. The zero-order valence-electron chi connectivity index (χ0n) is 13.6. The fourth-order valence-electron chi connectivity index (χ4n) is 1.60. The molecule has 0 saturated heterocycles. The first kappa shape index (κ1) is 20.2. The number of halogens is 1. The lowest BCUT2D eigenvalue weighted by atomic mass is 10.1. The Labute approximate surface area is 144 Å². The van der Waals surface area contributed by atoms with E-state index in [1.54, 1.807) is 7.11 Å². The van der Waals surface area contributed by atoms with Crippen LogP contribution in [0.2, 0.25) is 0 Å². The second kappa shape index (κ2) is 9.99. The number of rotatable bonds is 7. The summed E-state index contributed by atoms with van der Waals surface area (Å²) in [6.07, 6.45) is 4.84. The van der Waals surface area contributed by atoms with Gasteiger partial charge in [-0.15, -0.1) is 24.0 Å². The molecule has 1 heterocycles. The number of aryl methyl sites for hydroxylation is 1. The van der Waals surface area contributed by atoms with Gasteiger partial charge in [-0.1, -0.05) is 0 Å². The summed E-state index contributed by atoms with van der Waals surface area (Å²) in [7, 11) is 3.63. The van der Waals surface area contributed by atoms with E-state index in [-0.39, 0.29) is 29.6 Å². The van der Waals surface area contributed by atoms with Crippen LogP contribution in [0.3, 0.4) is 0 Å². The van der Waals surface area contributed by atoms with Gasteiger partial charge in [-0.25, -0.2) is 0 Å². The molecule has 0 aliphatic carbocycles. The molecule has 0 bridgehead atoms. The van der Waals surface area contributed by atoms with Crippen LogP contribution in [-0.2, 0) is 18.2 Å². The van der Waals surface area contributed by atoms with Crippen molar-refractivity contribution in [2.75, 3.05) is 26.7 Å². The molecule has 7 heteroatoms. The van der Waals surface area contributed by atoms with Crippen molar-refractivity contribution in [2.24, 2.45) is 12.0 Å². The Hall–Kier alpha value is -0.830. The summed E-state index contributed by atoms with van der Waals surface area (Å²) in [6, 6.07) is 0. The van der Waals surface area contributed by atoms with Crippen LogP contribution in [0.5, 0.6) is 0 Å². The number of nitrogens with one attached hydrogen (secondary N) is 2.